The molecule has 0 bridgehead atoms. The highest BCUT2D eigenvalue weighted by Gasteiger charge is 2.43. The molecule has 0 saturated heterocycles. The van der Waals surface area contributed by atoms with Gasteiger partial charge in [-0.1, -0.05) is 30.7 Å². The summed E-state index contributed by atoms with van der Waals surface area (Å²) >= 11 is 0. The molecule has 0 heterocycles. The molecule has 0 spiro atoms. The van der Waals surface area contributed by atoms with E-state index < -0.39 is 18.0 Å². The Morgan fingerprint density at radius 2 is 2.00 bits per heavy atom. The van der Waals surface area contributed by atoms with Crippen molar-refractivity contribution in [3.05, 3.63) is 23.8 Å². The van der Waals surface area contributed by atoms with E-state index in [0.29, 0.717) is 5.57 Å². The van der Waals surface area contributed by atoms with E-state index in [1.54, 1.807) is 19.9 Å². The lowest BCUT2D eigenvalue weighted by Gasteiger charge is -2.29. The Balaban J connectivity index is 2.89. The first-order valence-electron chi connectivity index (χ1n) is 4.54. The lowest BCUT2D eigenvalue weighted by molar-refractivity contribution is -0.170. The van der Waals surface area contributed by atoms with Crippen molar-refractivity contribution in [3.63, 3.8) is 0 Å². The summed E-state index contributed by atoms with van der Waals surface area (Å²) in [6, 6.07) is -0.320. The van der Waals surface area contributed by atoms with Gasteiger partial charge in [-0.2, -0.15) is 13.2 Å². The van der Waals surface area contributed by atoms with Crippen molar-refractivity contribution in [3.8, 4) is 0 Å². The zero-order chi connectivity index (χ0) is 10.9. The van der Waals surface area contributed by atoms with Crippen LogP contribution in [0.5, 0.6) is 0 Å². The third-order valence-electron chi connectivity index (χ3n) is 2.58. The lowest BCUT2D eigenvalue weighted by atomic mass is 9.80. The SMILES string of the molecule is CC1C([C@@H](C)N)=CC=CC1C(F)(F)F. The Bertz CT molecular complexity index is 263. The van der Waals surface area contributed by atoms with Crippen LogP contribution >= 0.6 is 0 Å². The average molecular weight is 205 g/mol. The van der Waals surface area contributed by atoms with Gasteiger partial charge in [-0.25, -0.2) is 0 Å². The van der Waals surface area contributed by atoms with Crippen LogP contribution in [0.1, 0.15) is 13.8 Å². The second-order valence-corrected chi connectivity index (χ2v) is 3.70. The molecule has 1 aliphatic rings. The molecule has 1 rings (SSSR count). The summed E-state index contributed by atoms with van der Waals surface area (Å²) in [4.78, 5) is 0. The standard InChI is InChI=1S/C10H14F3N/c1-6-8(7(2)14)4-3-5-9(6)10(11,12)13/h3-7,9H,14H2,1-2H3/t6?,7-,9?/m1/s1. The van der Waals surface area contributed by atoms with Crippen molar-refractivity contribution in [1.82, 2.24) is 0 Å². The zero-order valence-electron chi connectivity index (χ0n) is 8.18. The first-order chi connectivity index (χ1) is 6.34. The molecule has 2 unspecified atom stereocenters. The van der Waals surface area contributed by atoms with Crippen LogP contribution in [0, 0.1) is 11.8 Å². The average Bonchev–Trinajstić information content (AvgIpc) is 2.01. The van der Waals surface area contributed by atoms with Crippen LogP contribution < -0.4 is 5.73 Å². The van der Waals surface area contributed by atoms with Gasteiger partial charge in [0, 0.05) is 6.04 Å². The van der Waals surface area contributed by atoms with E-state index in [4.69, 9.17) is 5.73 Å². The largest absolute Gasteiger partial charge is 0.395 e. The van der Waals surface area contributed by atoms with Gasteiger partial charge < -0.3 is 5.73 Å². The number of halogens is 3. The molecular weight excluding hydrogens is 191 g/mol. The van der Waals surface area contributed by atoms with Crippen LogP contribution in [-0.2, 0) is 0 Å². The van der Waals surface area contributed by atoms with Crippen molar-refractivity contribution in [1.29, 1.82) is 0 Å². The molecule has 3 atom stereocenters. The van der Waals surface area contributed by atoms with Gasteiger partial charge in [0.25, 0.3) is 0 Å². The van der Waals surface area contributed by atoms with Crippen molar-refractivity contribution in [2.45, 2.75) is 26.1 Å². The molecule has 80 valence electrons. The summed E-state index contributed by atoms with van der Waals surface area (Å²) in [6.07, 6.45) is 0.134. The highest BCUT2D eigenvalue weighted by atomic mass is 19.4. The number of allylic oxidation sites excluding steroid dienone is 3. The third-order valence-corrected chi connectivity index (χ3v) is 2.58. The molecule has 0 saturated carbocycles. The predicted octanol–water partition coefficient (Wildman–Crippen LogP) is 2.64. The van der Waals surface area contributed by atoms with E-state index in [9.17, 15) is 13.2 Å². The fraction of sp³-hybridized carbons (Fsp3) is 0.600. The monoisotopic (exact) mass is 205 g/mol. The summed E-state index contributed by atoms with van der Waals surface area (Å²) in [5.74, 6) is -1.95. The first-order valence-corrected chi connectivity index (χ1v) is 4.54. The molecule has 4 heteroatoms. The Labute approximate surface area is 81.5 Å². The number of hydrogen-bond acceptors (Lipinski definition) is 1. The second kappa shape index (κ2) is 3.77. The highest BCUT2D eigenvalue weighted by molar-refractivity contribution is 5.26. The van der Waals surface area contributed by atoms with Crippen LogP contribution in [0.3, 0.4) is 0 Å². The van der Waals surface area contributed by atoms with Crippen molar-refractivity contribution in [2.75, 3.05) is 0 Å². The van der Waals surface area contributed by atoms with Gasteiger partial charge >= 0.3 is 6.18 Å². The first kappa shape index (κ1) is 11.3. The summed E-state index contributed by atoms with van der Waals surface area (Å²) in [5, 5.41) is 0. The smallest absolute Gasteiger partial charge is 0.324 e. The minimum atomic E-state index is -4.18. The van der Waals surface area contributed by atoms with Gasteiger partial charge in [-0.05, 0) is 12.8 Å². The van der Waals surface area contributed by atoms with E-state index in [-0.39, 0.29) is 6.04 Å². The maximum absolute atomic E-state index is 12.5. The topological polar surface area (TPSA) is 26.0 Å². The van der Waals surface area contributed by atoms with Crippen molar-refractivity contribution >= 4 is 0 Å². The normalized spacial score (nSPS) is 30.0. The Hall–Kier alpha value is -0.770. The molecule has 0 aromatic heterocycles. The maximum Gasteiger partial charge on any atom is 0.395 e. The van der Waals surface area contributed by atoms with E-state index >= 15 is 0 Å². The maximum atomic E-state index is 12.5. The minimum Gasteiger partial charge on any atom is -0.324 e. The highest BCUT2D eigenvalue weighted by Crippen LogP contribution is 2.39. The Kier molecular flexibility index (Phi) is 3.04. The molecule has 14 heavy (non-hydrogen) atoms. The fourth-order valence-electron chi connectivity index (χ4n) is 1.77. The number of rotatable bonds is 1. The predicted molar refractivity (Wildman–Crippen MR) is 49.6 cm³/mol. The summed E-state index contributed by atoms with van der Waals surface area (Å²) < 4.78 is 37.5. The Morgan fingerprint density at radius 3 is 2.43 bits per heavy atom. The number of alkyl halides is 3. The van der Waals surface area contributed by atoms with E-state index in [0.717, 1.165) is 0 Å². The van der Waals surface area contributed by atoms with Crippen LogP contribution in [0.2, 0.25) is 0 Å². The van der Waals surface area contributed by atoms with E-state index in [2.05, 4.69) is 0 Å². The molecule has 0 radical (unpaired) electrons. The Morgan fingerprint density at radius 1 is 1.43 bits per heavy atom. The molecule has 1 nitrogen and oxygen atoms in total. The van der Waals surface area contributed by atoms with Crippen molar-refractivity contribution < 1.29 is 13.2 Å². The van der Waals surface area contributed by atoms with Crippen LogP contribution in [0.15, 0.2) is 23.8 Å². The van der Waals surface area contributed by atoms with Crippen molar-refractivity contribution in [2.24, 2.45) is 17.6 Å². The summed E-state index contributed by atoms with van der Waals surface area (Å²) in [6.45, 7) is 3.27. The van der Waals surface area contributed by atoms with Gasteiger partial charge in [-0.3, -0.25) is 0 Å². The minimum absolute atomic E-state index is 0.320. The molecule has 0 aromatic carbocycles. The fourth-order valence-corrected chi connectivity index (χ4v) is 1.77. The van der Waals surface area contributed by atoms with Gasteiger partial charge in [0.2, 0.25) is 0 Å². The molecular formula is C10H14F3N. The second-order valence-electron chi connectivity index (χ2n) is 3.70. The number of nitrogens with two attached hydrogens (primary N) is 1. The lowest BCUT2D eigenvalue weighted by Crippen LogP contribution is -2.34. The third kappa shape index (κ3) is 2.18. The van der Waals surface area contributed by atoms with Gasteiger partial charge in [-0.15, -0.1) is 0 Å². The van der Waals surface area contributed by atoms with Crippen LogP contribution in [0.25, 0.3) is 0 Å². The summed E-state index contributed by atoms with van der Waals surface area (Å²) in [5.41, 5.74) is 6.26. The van der Waals surface area contributed by atoms with Gasteiger partial charge in [0.15, 0.2) is 0 Å². The zero-order valence-corrected chi connectivity index (χ0v) is 8.18. The van der Waals surface area contributed by atoms with Crippen LogP contribution in [-0.4, -0.2) is 12.2 Å². The molecule has 1 aliphatic carbocycles. The van der Waals surface area contributed by atoms with E-state index in [1.165, 1.54) is 12.2 Å². The molecule has 0 amide bonds. The molecule has 2 N–H and O–H groups in total. The molecule has 0 aliphatic heterocycles. The molecule has 0 aromatic rings. The van der Waals surface area contributed by atoms with Crippen LogP contribution in [0.4, 0.5) is 13.2 Å². The molecule has 0 fully saturated rings. The van der Waals surface area contributed by atoms with E-state index in [1.807, 2.05) is 0 Å². The quantitative estimate of drug-likeness (QED) is 0.699. The van der Waals surface area contributed by atoms with Gasteiger partial charge in [0.05, 0.1) is 5.92 Å². The van der Waals surface area contributed by atoms with Gasteiger partial charge in [0.1, 0.15) is 0 Å². The number of hydrogen-bond donors (Lipinski definition) is 1. The summed E-state index contributed by atoms with van der Waals surface area (Å²) in [7, 11) is 0.